The summed E-state index contributed by atoms with van der Waals surface area (Å²) in [5.74, 6) is 0.110. The molecule has 3 rings (SSSR count). The summed E-state index contributed by atoms with van der Waals surface area (Å²) in [7, 11) is 0. The summed E-state index contributed by atoms with van der Waals surface area (Å²) in [5.41, 5.74) is 5.57. The zero-order valence-electron chi connectivity index (χ0n) is 16.3. The van der Waals surface area contributed by atoms with Crippen molar-refractivity contribution < 1.29 is 9.53 Å². The summed E-state index contributed by atoms with van der Waals surface area (Å²) in [6, 6.07) is 12.7. The van der Waals surface area contributed by atoms with E-state index in [1.165, 1.54) is 10.9 Å². The molecule has 0 aliphatic carbocycles. The summed E-state index contributed by atoms with van der Waals surface area (Å²) in [6.45, 7) is 5.29. The maximum absolute atomic E-state index is 12.6. The van der Waals surface area contributed by atoms with Crippen LogP contribution in [0.25, 0.3) is 5.69 Å². The lowest BCUT2D eigenvalue weighted by atomic mass is 10.1. The first-order valence-corrected chi connectivity index (χ1v) is 9.33. The number of nitrogens with zero attached hydrogens (tertiary/aromatic N) is 2. The predicted octanol–water partition coefficient (Wildman–Crippen LogP) is 3.27. The number of benzene rings is 2. The number of aromatic nitrogens is 2. The Bertz CT molecular complexity index is 1090. The Morgan fingerprint density at radius 1 is 1.21 bits per heavy atom. The minimum absolute atomic E-state index is 0.210. The van der Waals surface area contributed by atoms with Crippen molar-refractivity contribution in [1.29, 1.82) is 0 Å². The van der Waals surface area contributed by atoms with E-state index in [4.69, 9.17) is 16.3 Å². The topological polar surface area (TPSA) is 88.5 Å². The summed E-state index contributed by atoms with van der Waals surface area (Å²) in [4.78, 5) is 24.5. The number of aromatic amines is 1. The van der Waals surface area contributed by atoms with Gasteiger partial charge in [0.15, 0.2) is 6.61 Å². The number of hydrogen-bond acceptors (Lipinski definition) is 4. The van der Waals surface area contributed by atoms with E-state index in [1.807, 2.05) is 44.2 Å². The fraction of sp³-hybridized carbons (Fsp3) is 0.190. The van der Waals surface area contributed by atoms with Crippen LogP contribution in [0, 0.1) is 20.8 Å². The summed E-state index contributed by atoms with van der Waals surface area (Å²) in [5, 5.41) is 7.54. The normalized spacial score (nSPS) is 11.0. The lowest BCUT2D eigenvalue weighted by Crippen LogP contribution is -2.25. The van der Waals surface area contributed by atoms with E-state index >= 15 is 0 Å². The van der Waals surface area contributed by atoms with Crippen LogP contribution in [-0.4, -0.2) is 28.5 Å². The van der Waals surface area contributed by atoms with Crippen LogP contribution in [0.3, 0.4) is 0 Å². The minimum Gasteiger partial charge on any atom is -0.484 e. The maximum atomic E-state index is 12.6. The third-order valence-corrected chi connectivity index (χ3v) is 4.89. The van der Waals surface area contributed by atoms with Gasteiger partial charge >= 0.3 is 0 Å². The first-order valence-electron chi connectivity index (χ1n) is 8.95. The number of amides is 1. The van der Waals surface area contributed by atoms with Crippen molar-refractivity contribution in [3.8, 4) is 11.4 Å². The second-order valence-corrected chi connectivity index (χ2v) is 6.96. The van der Waals surface area contributed by atoms with Crippen LogP contribution in [0.2, 0.25) is 5.02 Å². The molecule has 0 fully saturated rings. The average Bonchev–Trinajstić information content (AvgIpc) is 2.99. The van der Waals surface area contributed by atoms with Crippen LogP contribution < -0.4 is 15.7 Å². The number of rotatable bonds is 6. The van der Waals surface area contributed by atoms with E-state index in [0.29, 0.717) is 27.7 Å². The number of ether oxygens (including phenoxy) is 1. The van der Waals surface area contributed by atoms with Crippen LogP contribution in [0.5, 0.6) is 5.75 Å². The molecule has 3 aromatic rings. The highest BCUT2D eigenvalue weighted by Crippen LogP contribution is 2.25. The standard InChI is InChI=1S/C21H21ClN4O3/c1-13-9-17(10-14(2)20(13)22)29-12-19(27)24-23-11-18-15(3)25-26(21(18)28)16-7-5-4-6-8-16/h4-11,25H,12H2,1-3H3,(H,24,27)/b23-11-. The molecule has 0 aliphatic heterocycles. The van der Waals surface area contributed by atoms with Gasteiger partial charge in [-0.05, 0) is 56.2 Å². The molecular formula is C21H21ClN4O3. The Kier molecular flexibility index (Phi) is 6.19. The minimum atomic E-state index is -0.442. The van der Waals surface area contributed by atoms with E-state index in [9.17, 15) is 9.59 Å². The van der Waals surface area contributed by atoms with E-state index in [2.05, 4.69) is 15.6 Å². The van der Waals surface area contributed by atoms with Gasteiger partial charge in [0, 0.05) is 10.7 Å². The molecule has 1 aromatic heterocycles. The molecule has 150 valence electrons. The molecule has 2 aromatic carbocycles. The van der Waals surface area contributed by atoms with Gasteiger partial charge in [-0.1, -0.05) is 29.8 Å². The Hall–Kier alpha value is -3.32. The van der Waals surface area contributed by atoms with E-state index in [0.717, 1.165) is 11.1 Å². The molecule has 0 saturated heterocycles. The van der Waals surface area contributed by atoms with Crippen LogP contribution >= 0.6 is 11.6 Å². The summed E-state index contributed by atoms with van der Waals surface area (Å²) >= 11 is 6.12. The van der Waals surface area contributed by atoms with Crippen LogP contribution in [-0.2, 0) is 4.79 Å². The number of aryl methyl sites for hydroxylation is 3. The molecule has 8 heteroatoms. The molecule has 2 N–H and O–H groups in total. The van der Waals surface area contributed by atoms with Gasteiger partial charge in [0.1, 0.15) is 5.75 Å². The molecule has 29 heavy (non-hydrogen) atoms. The zero-order valence-corrected chi connectivity index (χ0v) is 17.1. The quantitative estimate of drug-likeness (QED) is 0.481. The summed E-state index contributed by atoms with van der Waals surface area (Å²) in [6.07, 6.45) is 1.32. The zero-order chi connectivity index (χ0) is 21.0. The van der Waals surface area contributed by atoms with Gasteiger partial charge in [-0.3, -0.25) is 14.7 Å². The SMILES string of the molecule is Cc1cc(OCC(=O)N/N=C\c2c(C)[nH]n(-c3ccccc3)c2=O)cc(C)c1Cl. The smallest absolute Gasteiger partial charge is 0.280 e. The molecule has 0 atom stereocenters. The van der Waals surface area contributed by atoms with Crippen molar-refractivity contribution in [2.45, 2.75) is 20.8 Å². The molecule has 0 saturated carbocycles. The van der Waals surface area contributed by atoms with Gasteiger partial charge in [0.25, 0.3) is 11.5 Å². The van der Waals surface area contributed by atoms with Crippen LogP contribution in [0.4, 0.5) is 0 Å². The molecule has 1 heterocycles. The van der Waals surface area contributed by atoms with Gasteiger partial charge in [-0.25, -0.2) is 10.1 Å². The van der Waals surface area contributed by atoms with E-state index < -0.39 is 5.91 Å². The van der Waals surface area contributed by atoms with Crippen molar-refractivity contribution in [1.82, 2.24) is 15.2 Å². The molecule has 0 unspecified atom stereocenters. The monoisotopic (exact) mass is 412 g/mol. The van der Waals surface area contributed by atoms with Gasteiger partial charge in [-0.2, -0.15) is 5.10 Å². The van der Waals surface area contributed by atoms with Crippen molar-refractivity contribution in [2.24, 2.45) is 5.10 Å². The predicted molar refractivity (Wildman–Crippen MR) is 113 cm³/mol. The van der Waals surface area contributed by atoms with Crippen LogP contribution in [0.15, 0.2) is 52.4 Å². The Morgan fingerprint density at radius 3 is 2.52 bits per heavy atom. The first-order chi connectivity index (χ1) is 13.9. The lowest BCUT2D eigenvalue weighted by molar-refractivity contribution is -0.123. The van der Waals surface area contributed by atoms with Crippen LogP contribution in [0.1, 0.15) is 22.4 Å². The molecule has 7 nitrogen and oxygen atoms in total. The first kappa shape index (κ1) is 20.4. The van der Waals surface area contributed by atoms with Crippen molar-refractivity contribution >= 4 is 23.7 Å². The third-order valence-electron chi connectivity index (χ3n) is 4.29. The molecule has 0 bridgehead atoms. The Morgan fingerprint density at radius 2 is 1.86 bits per heavy atom. The Labute approximate surface area is 172 Å². The highest BCUT2D eigenvalue weighted by Gasteiger charge is 2.11. The second-order valence-electron chi connectivity index (χ2n) is 6.58. The molecule has 0 aliphatic rings. The number of hydrazone groups is 1. The Balaban J connectivity index is 1.62. The van der Waals surface area contributed by atoms with Gasteiger partial charge < -0.3 is 4.74 Å². The van der Waals surface area contributed by atoms with Crippen molar-refractivity contribution in [2.75, 3.05) is 6.61 Å². The summed E-state index contributed by atoms with van der Waals surface area (Å²) < 4.78 is 6.90. The highest BCUT2D eigenvalue weighted by atomic mass is 35.5. The third kappa shape index (κ3) is 4.75. The highest BCUT2D eigenvalue weighted by molar-refractivity contribution is 6.32. The van der Waals surface area contributed by atoms with Crippen molar-refractivity contribution in [3.63, 3.8) is 0 Å². The molecule has 0 radical (unpaired) electrons. The molecular weight excluding hydrogens is 392 g/mol. The lowest BCUT2D eigenvalue weighted by Gasteiger charge is -2.09. The molecule has 0 spiro atoms. The van der Waals surface area contributed by atoms with Gasteiger partial charge in [-0.15, -0.1) is 0 Å². The average molecular weight is 413 g/mol. The number of carbonyl (C=O) groups is 1. The van der Waals surface area contributed by atoms with Gasteiger partial charge in [0.05, 0.1) is 17.5 Å². The number of para-hydroxylation sites is 1. The van der Waals surface area contributed by atoms with E-state index in [-0.39, 0.29) is 12.2 Å². The number of H-pyrrole nitrogens is 1. The fourth-order valence-electron chi connectivity index (χ4n) is 2.81. The number of hydrogen-bond donors (Lipinski definition) is 2. The van der Waals surface area contributed by atoms with Gasteiger partial charge in [0.2, 0.25) is 0 Å². The maximum Gasteiger partial charge on any atom is 0.280 e. The number of halogens is 1. The second kappa shape index (κ2) is 8.79. The fourth-order valence-corrected chi connectivity index (χ4v) is 2.92. The number of carbonyl (C=O) groups excluding carboxylic acids is 1. The van der Waals surface area contributed by atoms with E-state index in [1.54, 1.807) is 19.1 Å². The number of nitrogens with one attached hydrogen (secondary N) is 2. The van der Waals surface area contributed by atoms with Crippen molar-refractivity contribution in [3.05, 3.63) is 80.2 Å². The molecule has 1 amide bonds. The largest absolute Gasteiger partial charge is 0.484 e.